The van der Waals surface area contributed by atoms with Crippen molar-refractivity contribution in [2.75, 3.05) is 0 Å². The summed E-state index contributed by atoms with van der Waals surface area (Å²) in [5.41, 5.74) is 4.14. The normalized spacial score (nSPS) is 12.2. The molecule has 1 nitrogen and oxygen atoms in total. The number of aryl methyl sites for hydroxylation is 1. The summed E-state index contributed by atoms with van der Waals surface area (Å²) in [6, 6.07) is 20.4. The van der Waals surface area contributed by atoms with E-state index >= 15 is 0 Å². The molecule has 3 aromatic carbocycles. The molecule has 0 bridgehead atoms. The first-order valence-electron chi connectivity index (χ1n) is 7.16. The molecule has 0 fully saturated rings. The highest BCUT2D eigenvalue weighted by molar-refractivity contribution is 7.99. The van der Waals surface area contributed by atoms with Gasteiger partial charge in [0, 0.05) is 0 Å². The van der Waals surface area contributed by atoms with Crippen LogP contribution in [0.15, 0.2) is 70.5 Å². The molecule has 0 amide bonds. The second-order valence-electron chi connectivity index (χ2n) is 5.37. The lowest BCUT2D eigenvalue weighted by Crippen LogP contribution is -2.08. The van der Waals surface area contributed by atoms with Crippen LogP contribution < -0.4 is 10.2 Å². The van der Waals surface area contributed by atoms with Crippen molar-refractivity contribution >= 4 is 25.1 Å². The van der Waals surface area contributed by atoms with Gasteiger partial charge in [0.05, 0.1) is 9.79 Å². The minimum Gasteiger partial charge on any atom is -0.455 e. The Labute approximate surface area is 135 Å². The number of ether oxygens (including phenoxy) is 1. The van der Waals surface area contributed by atoms with E-state index in [1.807, 2.05) is 36.4 Å². The molecule has 0 unspecified atom stereocenters. The van der Waals surface area contributed by atoms with Gasteiger partial charge in [-0.25, -0.2) is 0 Å². The molecule has 2 radical (unpaired) electrons. The standard InChI is InChI=1S/C19H13BOS/c1-12-9-10-13(15(20)11-12)14-5-4-7-17-19(14)22-18-8-3-2-6-16(18)21-17/h2-11H,1H3. The Morgan fingerprint density at radius 3 is 2.55 bits per heavy atom. The second-order valence-corrected chi connectivity index (χ2v) is 6.43. The summed E-state index contributed by atoms with van der Waals surface area (Å²) >= 11 is 1.74. The monoisotopic (exact) mass is 300 g/mol. The summed E-state index contributed by atoms with van der Waals surface area (Å²) in [7, 11) is 6.23. The van der Waals surface area contributed by atoms with Crippen LogP contribution in [0.4, 0.5) is 0 Å². The van der Waals surface area contributed by atoms with E-state index in [1.54, 1.807) is 11.8 Å². The molecule has 1 aliphatic rings. The number of para-hydroxylation sites is 1. The average Bonchev–Trinajstić information content (AvgIpc) is 2.53. The highest BCUT2D eigenvalue weighted by Crippen LogP contribution is 2.50. The highest BCUT2D eigenvalue weighted by Gasteiger charge is 2.21. The average molecular weight is 300 g/mol. The summed E-state index contributed by atoms with van der Waals surface area (Å²) in [6.45, 7) is 2.05. The van der Waals surface area contributed by atoms with Crippen molar-refractivity contribution in [2.45, 2.75) is 16.7 Å². The number of benzene rings is 3. The fourth-order valence-electron chi connectivity index (χ4n) is 2.69. The van der Waals surface area contributed by atoms with Gasteiger partial charge in [0.1, 0.15) is 19.3 Å². The molecule has 0 saturated carbocycles. The van der Waals surface area contributed by atoms with Crippen molar-refractivity contribution in [3.05, 3.63) is 66.2 Å². The summed E-state index contributed by atoms with van der Waals surface area (Å²) in [4.78, 5) is 2.25. The van der Waals surface area contributed by atoms with Crippen LogP contribution >= 0.6 is 11.8 Å². The lowest BCUT2D eigenvalue weighted by molar-refractivity contribution is 0.455. The molecular formula is C19H13BOS. The maximum absolute atomic E-state index is 6.23. The molecule has 0 aromatic heterocycles. The van der Waals surface area contributed by atoms with Gasteiger partial charge in [-0.1, -0.05) is 65.3 Å². The minimum atomic E-state index is 0.799. The van der Waals surface area contributed by atoms with Crippen molar-refractivity contribution in [1.29, 1.82) is 0 Å². The first-order valence-corrected chi connectivity index (χ1v) is 7.98. The van der Waals surface area contributed by atoms with Gasteiger partial charge in [-0.2, -0.15) is 0 Å². The van der Waals surface area contributed by atoms with E-state index in [0.29, 0.717) is 0 Å². The number of fused-ring (bicyclic) bond motifs is 2. The molecule has 0 aliphatic carbocycles. The van der Waals surface area contributed by atoms with E-state index in [2.05, 4.69) is 31.2 Å². The third-order valence-electron chi connectivity index (χ3n) is 3.76. The molecule has 3 aromatic rings. The van der Waals surface area contributed by atoms with Crippen molar-refractivity contribution < 1.29 is 4.74 Å². The molecular weight excluding hydrogens is 287 g/mol. The Morgan fingerprint density at radius 1 is 0.864 bits per heavy atom. The maximum atomic E-state index is 6.23. The van der Waals surface area contributed by atoms with E-state index in [-0.39, 0.29) is 0 Å². The van der Waals surface area contributed by atoms with Crippen LogP contribution in [0.3, 0.4) is 0 Å². The molecule has 22 heavy (non-hydrogen) atoms. The summed E-state index contributed by atoms with van der Waals surface area (Å²) in [5, 5.41) is 0. The van der Waals surface area contributed by atoms with E-state index in [1.165, 1.54) is 5.56 Å². The van der Waals surface area contributed by atoms with Crippen LogP contribution in [0.5, 0.6) is 11.5 Å². The third kappa shape index (κ3) is 2.22. The van der Waals surface area contributed by atoms with Gasteiger partial charge < -0.3 is 4.74 Å². The van der Waals surface area contributed by atoms with E-state index in [9.17, 15) is 0 Å². The quantitative estimate of drug-likeness (QED) is 0.471. The number of rotatable bonds is 1. The predicted octanol–water partition coefficient (Wildman–Crippen LogP) is 4.71. The zero-order valence-electron chi connectivity index (χ0n) is 12.2. The maximum Gasteiger partial charge on any atom is 0.142 e. The second kappa shape index (κ2) is 5.26. The van der Waals surface area contributed by atoms with Gasteiger partial charge in [-0.3, -0.25) is 0 Å². The van der Waals surface area contributed by atoms with Gasteiger partial charge >= 0.3 is 0 Å². The van der Waals surface area contributed by atoms with Gasteiger partial charge in [-0.15, -0.1) is 0 Å². The van der Waals surface area contributed by atoms with Gasteiger partial charge in [0.15, 0.2) is 0 Å². The topological polar surface area (TPSA) is 9.23 Å². The number of hydrogen-bond acceptors (Lipinski definition) is 2. The summed E-state index contributed by atoms with van der Waals surface area (Å²) in [5.74, 6) is 1.80. The number of hydrogen-bond donors (Lipinski definition) is 0. The van der Waals surface area contributed by atoms with Crippen molar-refractivity contribution in [3.63, 3.8) is 0 Å². The molecule has 0 saturated heterocycles. The third-order valence-corrected chi connectivity index (χ3v) is 4.94. The molecule has 3 heteroatoms. The van der Waals surface area contributed by atoms with Crippen LogP contribution in [0.1, 0.15) is 5.56 Å². The van der Waals surface area contributed by atoms with Gasteiger partial charge in [-0.05, 0) is 36.2 Å². The van der Waals surface area contributed by atoms with Crippen molar-refractivity contribution in [1.82, 2.24) is 0 Å². The van der Waals surface area contributed by atoms with Gasteiger partial charge in [0.2, 0.25) is 0 Å². The Kier molecular flexibility index (Phi) is 3.23. The van der Waals surface area contributed by atoms with Crippen LogP contribution in [0, 0.1) is 6.92 Å². The van der Waals surface area contributed by atoms with E-state index < -0.39 is 0 Å². The van der Waals surface area contributed by atoms with Crippen molar-refractivity contribution in [3.8, 4) is 22.6 Å². The van der Waals surface area contributed by atoms with Crippen LogP contribution in [0.2, 0.25) is 0 Å². The molecule has 104 valence electrons. The molecule has 0 spiro atoms. The lowest BCUT2D eigenvalue weighted by Gasteiger charge is -2.22. The van der Waals surface area contributed by atoms with Gasteiger partial charge in [0.25, 0.3) is 0 Å². The minimum absolute atomic E-state index is 0.799. The Balaban J connectivity index is 1.87. The van der Waals surface area contributed by atoms with E-state index in [0.717, 1.165) is 37.9 Å². The summed E-state index contributed by atoms with van der Waals surface area (Å²) in [6.07, 6.45) is 0. The molecule has 1 aliphatic heterocycles. The van der Waals surface area contributed by atoms with Crippen LogP contribution in [-0.2, 0) is 0 Å². The molecule has 0 atom stereocenters. The Morgan fingerprint density at radius 2 is 1.68 bits per heavy atom. The largest absolute Gasteiger partial charge is 0.455 e. The Hall–Kier alpha value is -2.13. The lowest BCUT2D eigenvalue weighted by atomic mass is 9.86. The van der Waals surface area contributed by atoms with E-state index in [4.69, 9.17) is 12.6 Å². The van der Waals surface area contributed by atoms with Crippen LogP contribution in [0.25, 0.3) is 11.1 Å². The fraction of sp³-hybridized carbons (Fsp3) is 0.0526. The first kappa shape index (κ1) is 13.5. The first-order chi connectivity index (χ1) is 10.7. The fourth-order valence-corrected chi connectivity index (χ4v) is 3.76. The Bertz CT molecular complexity index is 873. The van der Waals surface area contributed by atoms with Crippen LogP contribution in [-0.4, -0.2) is 7.85 Å². The zero-order valence-corrected chi connectivity index (χ0v) is 13.0. The summed E-state index contributed by atoms with van der Waals surface area (Å²) < 4.78 is 6.04. The molecule has 4 rings (SSSR count). The smallest absolute Gasteiger partial charge is 0.142 e. The highest BCUT2D eigenvalue weighted by atomic mass is 32.2. The molecule has 1 heterocycles. The predicted molar refractivity (Wildman–Crippen MR) is 92.6 cm³/mol. The SMILES string of the molecule is [B]c1cc(C)ccc1-c1cccc2c1Sc1ccccc1O2. The zero-order chi connectivity index (χ0) is 15.1. The van der Waals surface area contributed by atoms with Crippen molar-refractivity contribution in [2.24, 2.45) is 0 Å². The molecule has 0 N–H and O–H groups in total.